The zero-order valence-electron chi connectivity index (χ0n) is 9.89. The zero-order valence-corrected chi connectivity index (χ0v) is 11.5. The molecule has 18 heavy (non-hydrogen) atoms. The highest BCUT2D eigenvalue weighted by molar-refractivity contribution is 9.10. The van der Waals surface area contributed by atoms with Gasteiger partial charge in [-0.15, -0.1) is 0 Å². The summed E-state index contributed by atoms with van der Waals surface area (Å²) < 4.78 is 0.902. The van der Waals surface area contributed by atoms with Gasteiger partial charge in [-0.2, -0.15) is 5.26 Å². The molecule has 4 heteroatoms. The van der Waals surface area contributed by atoms with Gasteiger partial charge in [0.2, 0.25) is 0 Å². The fourth-order valence-electron chi connectivity index (χ4n) is 1.68. The number of benzene rings is 1. The molecule has 0 aliphatic heterocycles. The van der Waals surface area contributed by atoms with E-state index >= 15 is 0 Å². The predicted molar refractivity (Wildman–Crippen MR) is 75.1 cm³/mol. The maximum Gasteiger partial charge on any atom is 0.101 e. The van der Waals surface area contributed by atoms with Crippen LogP contribution in [0.15, 0.2) is 47.2 Å². The van der Waals surface area contributed by atoms with Gasteiger partial charge in [-0.25, -0.2) is 0 Å². The molecule has 0 aliphatic rings. The van der Waals surface area contributed by atoms with E-state index in [4.69, 9.17) is 5.26 Å². The van der Waals surface area contributed by atoms with E-state index in [0.717, 1.165) is 15.7 Å². The van der Waals surface area contributed by atoms with E-state index in [1.54, 1.807) is 12.3 Å². The van der Waals surface area contributed by atoms with Crippen molar-refractivity contribution >= 4 is 21.6 Å². The molecule has 0 saturated carbocycles. The van der Waals surface area contributed by atoms with Crippen molar-refractivity contribution in [3.63, 3.8) is 0 Å². The second-order valence-electron chi connectivity index (χ2n) is 3.95. The first kappa shape index (κ1) is 12.6. The molecule has 1 N–H and O–H groups in total. The summed E-state index contributed by atoms with van der Waals surface area (Å²) >= 11 is 3.36. The number of halogens is 1. The molecule has 2 aromatic rings. The van der Waals surface area contributed by atoms with Crippen LogP contribution in [0.1, 0.15) is 24.1 Å². The van der Waals surface area contributed by atoms with Gasteiger partial charge in [0.05, 0.1) is 17.3 Å². The van der Waals surface area contributed by atoms with Crippen LogP contribution in [0.25, 0.3) is 0 Å². The minimum atomic E-state index is 0.104. The quantitative estimate of drug-likeness (QED) is 0.935. The van der Waals surface area contributed by atoms with Crippen molar-refractivity contribution in [2.24, 2.45) is 0 Å². The molecule has 0 fully saturated rings. The fourth-order valence-corrected chi connectivity index (χ4v) is 2.04. The standard InChI is InChI=1S/C14H12BrN3/c1-10(11-3-2-6-17-9-11)18-14-5-4-13(15)7-12(14)8-16/h2-7,9-10,18H,1H3. The average Bonchev–Trinajstić information content (AvgIpc) is 2.41. The number of rotatable bonds is 3. The van der Waals surface area contributed by atoms with Gasteiger partial charge < -0.3 is 5.32 Å². The van der Waals surface area contributed by atoms with Crippen LogP contribution in [0, 0.1) is 11.3 Å². The summed E-state index contributed by atoms with van der Waals surface area (Å²) in [5.41, 5.74) is 2.54. The number of nitrogens with one attached hydrogen (secondary N) is 1. The molecule has 1 aromatic heterocycles. The number of nitriles is 1. The summed E-state index contributed by atoms with van der Waals surface area (Å²) in [5.74, 6) is 0. The lowest BCUT2D eigenvalue weighted by Crippen LogP contribution is -2.08. The van der Waals surface area contributed by atoms with Crippen LogP contribution in [0.4, 0.5) is 5.69 Å². The van der Waals surface area contributed by atoms with Gasteiger partial charge in [0.25, 0.3) is 0 Å². The Bertz CT molecular complexity index is 575. The summed E-state index contributed by atoms with van der Waals surface area (Å²) in [6, 6.07) is 11.8. The zero-order chi connectivity index (χ0) is 13.0. The van der Waals surface area contributed by atoms with Gasteiger partial charge in [-0.05, 0) is 36.8 Å². The highest BCUT2D eigenvalue weighted by Crippen LogP contribution is 2.24. The minimum absolute atomic E-state index is 0.104. The second kappa shape index (κ2) is 5.65. The molecule has 1 aromatic carbocycles. The lowest BCUT2D eigenvalue weighted by atomic mass is 10.1. The van der Waals surface area contributed by atoms with E-state index in [-0.39, 0.29) is 6.04 Å². The van der Waals surface area contributed by atoms with E-state index in [9.17, 15) is 0 Å². The van der Waals surface area contributed by atoms with Crippen molar-refractivity contribution in [2.75, 3.05) is 5.32 Å². The van der Waals surface area contributed by atoms with Crippen molar-refractivity contribution in [3.05, 3.63) is 58.3 Å². The molecule has 90 valence electrons. The lowest BCUT2D eigenvalue weighted by Gasteiger charge is -2.16. The Morgan fingerprint density at radius 3 is 2.89 bits per heavy atom. The molecule has 1 atom stereocenters. The summed E-state index contributed by atoms with van der Waals surface area (Å²) in [6.07, 6.45) is 3.57. The van der Waals surface area contributed by atoms with Crippen molar-refractivity contribution in [1.29, 1.82) is 5.26 Å². The molecule has 0 aliphatic carbocycles. The Balaban J connectivity index is 2.22. The normalized spacial score (nSPS) is 11.6. The summed E-state index contributed by atoms with van der Waals surface area (Å²) in [7, 11) is 0. The number of nitrogens with zero attached hydrogens (tertiary/aromatic N) is 2. The molecule has 1 heterocycles. The van der Waals surface area contributed by atoms with Gasteiger partial charge in [0, 0.05) is 16.9 Å². The third kappa shape index (κ3) is 2.88. The topological polar surface area (TPSA) is 48.7 Å². The molecule has 1 unspecified atom stereocenters. The molecule has 3 nitrogen and oxygen atoms in total. The number of hydrogen-bond acceptors (Lipinski definition) is 3. The lowest BCUT2D eigenvalue weighted by molar-refractivity contribution is 0.875. The van der Waals surface area contributed by atoms with Crippen LogP contribution in [-0.4, -0.2) is 4.98 Å². The van der Waals surface area contributed by atoms with Gasteiger partial charge >= 0.3 is 0 Å². The van der Waals surface area contributed by atoms with E-state index in [2.05, 4.69) is 32.3 Å². The SMILES string of the molecule is CC(Nc1ccc(Br)cc1C#N)c1cccnc1. The molecular formula is C14H12BrN3. The summed E-state index contributed by atoms with van der Waals surface area (Å²) in [6.45, 7) is 2.04. The van der Waals surface area contributed by atoms with E-state index in [0.29, 0.717) is 5.56 Å². The van der Waals surface area contributed by atoms with Crippen LogP contribution < -0.4 is 5.32 Å². The minimum Gasteiger partial charge on any atom is -0.377 e. The smallest absolute Gasteiger partial charge is 0.101 e. The van der Waals surface area contributed by atoms with Crippen LogP contribution in [-0.2, 0) is 0 Å². The van der Waals surface area contributed by atoms with Crippen LogP contribution in [0.2, 0.25) is 0 Å². The van der Waals surface area contributed by atoms with Crippen molar-refractivity contribution in [3.8, 4) is 6.07 Å². The van der Waals surface area contributed by atoms with Crippen LogP contribution in [0.5, 0.6) is 0 Å². The van der Waals surface area contributed by atoms with Crippen molar-refractivity contribution in [2.45, 2.75) is 13.0 Å². The van der Waals surface area contributed by atoms with E-state index in [1.165, 1.54) is 0 Å². The van der Waals surface area contributed by atoms with Gasteiger partial charge in [0.1, 0.15) is 6.07 Å². The highest BCUT2D eigenvalue weighted by Gasteiger charge is 2.08. The Labute approximate surface area is 115 Å². The number of hydrogen-bond donors (Lipinski definition) is 1. The molecule has 0 amide bonds. The first-order chi connectivity index (χ1) is 8.70. The maximum atomic E-state index is 9.10. The Kier molecular flexibility index (Phi) is 3.96. The molecular weight excluding hydrogens is 290 g/mol. The highest BCUT2D eigenvalue weighted by atomic mass is 79.9. The first-order valence-electron chi connectivity index (χ1n) is 5.57. The maximum absolute atomic E-state index is 9.10. The number of anilines is 1. The Morgan fingerprint density at radius 1 is 1.39 bits per heavy atom. The third-order valence-corrected chi connectivity index (χ3v) is 3.15. The average molecular weight is 302 g/mol. The summed E-state index contributed by atoms with van der Waals surface area (Å²) in [5, 5.41) is 12.4. The van der Waals surface area contributed by atoms with Crippen LogP contribution in [0.3, 0.4) is 0 Å². The van der Waals surface area contributed by atoms with Gasteiger partial charge in [0.15, 0.2) is 0 Å². The Hall–Kier alpha value is -1.86. The Morgan fingerprint density at radius 2 is 2.22 bits per heavy atom. The van der Waals surface area contributed by atoms with Crippen LogP contribution >= 0.6 is 15.9 Å². The monoisotopic (exact) mass is 301 g/mol. The predicted octanol–water partition coefficient (Wildman–Crippen LogP) is 3.89. The molecule has 0 spiro atoms. The number of pyridine rings is 1. The molecule has 0 bridgehead atoms. The van der Waals surface area contributed by atoms with E-state index in [1.807, 2.05) is 37.4 Å². The van der Waals surface area contributed by atoms with Gasteiger partial charge in [-0.1, -0.05) is 22.0 Å². The van der Waals surface area contributed by atoms with Crippen molar-refractivity contribution in [1.82, 2.24) is 4.98 Å². The largest absolute Gasteiger partial charge is 0.377 e. The molecule has 2 rings (SSSR count). The fraction of sp³-hybridized carbons (Fsp3) is 0.143. The van der Waals surface area contributed by atoms with Gasteiger partial charge in [-0.3, -0.25) is 4.98 Å². The third-order valence-electron chi connectivity index (χ3n) is 2.66. The van der Waals surface area contributed by atoms with E-state index < -0.39 is 0 Å². The molecule has 0 saturated heterocycles. The second-order valence-corrected chi connectivity index (χ2v) is 4.87. The first-order valence-corrected chi connectivity index (χ1v) is 6.36. The molecule has 0 radical (unpaired) electrons. The van der Waals surface area contributed by atoms with Crippen molar-refractivity contribution < 1.29 is 0 Å². The number of aromatic nitrogens is 1. The summed E-state index contributed by atoms with van der Waals surface area (Å²) in [4.78, 5) is 4.09.